The number of carbonyl (C=O) groups excluding carboxylic acids is 4. The van der Waals surface area contributed by atoms with Crippen molar-refractivity contribution < 1.29 is 80.2 Å². The van der Waals surface area contributed by atoms with Crippen molar-refractivity contribution in [2.75, 3.05) is 39.6 Å². The number of aliphatic hydroxyl groups is 1. The summed E-state index contributed by atoms with van der Waals surface area (Å²) in [6.45, 7) is 14.1. The summed E-state index contributed by atoms with van der Waals surface area (Å²) in [5, 5.41) is 10.6. The van der Waals surface area contributed by atoms with E-state index in [4.69, 9.17) is 37.0 Å². The zero-order chi connectivity index (χ0) is 68.2. The molecule has 17 nitrogen and oxygen atoms in total. The maximum atomic E-state index is 13.0. The molecule has 0 saturated carbocycles. The molecule has 0 rings (SSSR count). The van der Waals surface area contributed by atoms with Gasteiger partial charge >= 0.3 is 39.5 Å². The van der Waals surface area contributed by atoms with Crippen LogP contribution in [0.3, 0.4) is 0 Å². The van der Waals surface area contributed by atoms with Gasteiger partial charge in [0, 0.05) is 25.7 Å². The summed E-state index contributed by atoms with van der Waals surface area (Å²) >= 11 is 0. The van der Waals surface area contributed by atoms with Crippen molar-refractivity contribution in [1.82, 2.24) is 0 Å². The van der Waals surface area contributed by atoms with Crippen molar-refractivity contribution in [3.8, 4) is 0 Å². The van der Waals surface area contributed by atoms with Gasteiger partial charge in [-0.2, -0.15) is 0 Å². The van der Waals surface area contributed by atoms with Gasteiger partial charge in [-0.3, -0.25) is 37.3 Å². The molecule has 0 spiro atoms. The number of carbonyl (C=O) groups is 4. The van der Waals surface area contributed by atoms with Gasteiger partial charge in [0.2, 0.25) is 0 Å². The SMILES string of the molecule is CCC(C)CCCCCCCCC(=O)OC[C@H](COP(=O)(O)OC[C@@H](O)COP(=O)(O)OC[C@@H](COC(=O)CCCCCCCCC(C)C)OC(=O)CCCCCCCCCCCCCCC(C)C)OC(=O)CCCCCCCCCCCCCCCCCC(C)C. The maximum Gasteiger partial charge on any atom is 0.472 e. The van der Waals surface area contributed by atoms with Crippen LogP contribution in [0.15, 0.2) is 0 Å². The van der Waals surface area contributed by atoms with Gasteiger partial charge in [-0.25, -0.2) is 9.13 Å². The Balaban J connectivity index is 5.21. The van der Waals surface area contributed by atoms with Crippen LogP contribution in [0, 0.1) is 23.7 Å². The molecule has 3 N–H and O–H groups in total. The fourth-order valence-electron chi connectivity index (χ4n) is 11.0. The first-order chi connectivity index (χ1) is 44.1. The quantitative estimate of drug-likeness (QED) is 0.0222. The Labute approximate surface area is 562 Å². The van der Waals surface area contributed by atoms with Crippen LogP contribution >= 0.6 is 15.6 Å². The van der Waals surface area contributed by atoms with E-state index in [2.05, 4.69) is 55.4 Å². The third-order valence-corrected chi connectivity index (χ3v) is 19.1. The van der Waals surface area contributed by atoms with E-state index in [0.29, 0.717) is 31.6 Å². The highest BCUT2D eigenvalue weighted by Gasteiger charge is 2.30. The molecule has 0 radical (unpaired) electrons. The number of ether oxygens (including phenoxy) is 4. The topological polar surface area (TPSA) is 237 Å². The zero-order valence-corrected chi connectivity index (χ0v) is 62.0. The first-order valence-electron chi connectivity index (χ1n) is 37.7. The molecule has 546 valence electrons. The van der Waals surface area contributed by atoms with Gasteiger partial charge in [0.05, 0.1) is 26.4 Å². The Bertz CT molecular complexity index is 1820. The summed E-state index contributed by atoms with van der Waals surface area (Å²) in [4.78, 5) is 72.6. The Kier molecular flexibility index (Phi) is 61.3. The largest absolute Gasteiger partial charge is 0.472 e. The van der Waals surface area contributed by atoms with E-state index >= 15 is 0 Å². The maximum absolute atomic E-state index is 13.0. The minimum atomic E-state index is -4.95. The van der Waals surface area contributed by atoms with Crippen LogP contribution in [-0.4, -0.2) is 96.7 Å². The fourth-order valence-corrected chi connectivity index (χ4v) is 12.6. The molecule has 3 unspecified atom stereocenters. The van der Waals surface area contributed by atoms with Crippen LogP contribution in [0.4, 0.5) is 0 Å². The molecule has 6 atom stereocenters. The number of hydrogen-bond donors (Lipinski definition) is 3. The lowest BCUT2D eigenvalue weighted by Crippen LogP contribution is -2.30. The molecule has 0 aliphatic rings. The van der Waals surface area contributed by atoms with Crippen LogP contribution in [0.1, 0.15) is 364 Å². The summed E-state index contributed by atoms with van der Waals surface area (Å²) in [6, 6.07) is 0. The van der Waals surface area contributed by atoms with Gasteiger partial charge in [-0.1, -0.05) is 312 Å². The molecule has 19 heteroatoms. The van der Waals surface area contributed by atoms with E-state index in [0.717, 1.165) is 120 Å². The van der Waals surface area contributed by atoms with Crippen LogP contribution in [0.5, 0.6) is 0 Å². The summed E-state index contributed by atoms with van der Waals surface area (Å²) in [7, 11) is -9.91. The minimum Gasteiger partial charge on any atom is -0.462 e. The van der Waals surface area contributed by atoms with Crippen LogP contribution in [0.25, 0.3) is 0 Å². The predicted molar refractivity (Wildman–Crippen MR) is 372 cm³/mol. The average Bonchev–Trinajstić information content (AvgIpc) is 2.00. The molecule has 0 aromatic heterocycles. The van der Waals surface area contributed by atoms with Crippen molar-refractivity contribution >= 4 is 39.5 Å². The lowest BCUT2D eigenvalue weighted by atomic mass is 10.00. The molecule has 0 heterocycles. The fraction of sp³-hybridized carbons (Fsp3) is 0.945. The highest BCUT2D eigenvalue weighted by Crippen LogP contribution is 2.45. The Morgan fingerprint density at radius 2 is 0.522 bits per heavy atom. The van der Waals surface area contributed by atoms with E-state index in [1.165, 1.54) is 154 Å². The van der Waals surface area contributed by atoms with Crippen molar-refractivity contribution in [3.05, 3.63) is 0 Å². The Morgan fingerprint density at radius 3 is 0.772 bits per heavy atom. The van der Waals surface area contributed by atoms with Gasteiger partial charge in [0.1, 0.15) is 19.3 Å². The van der Waals surface area contributed by atoms with Gasteiger partial charge in [-0.15, -0.1) is 0 Å². The highest BCUT2D eigenvalue weighted by molar-refractivity contribution is 7.47. The molecule has 0 aromatic rings. The summed E-state index contributed by atoms with van der Waals surface area (Å²) in [6.07, 6.45) is 46.0. The number of phosphoric ester groups is 2. The first-order valence-corrected chi connectivity index (χ1v) is 40.7. The highest BCUT2D eigenvalue weighted by atomic mass is 31.2. The molecule has 0 bridgehead atoms. The first kappa shape index (κ1) is 90.1. The van der Waals surface area contributed by atoms with Gasteiger partial charge < -0.3 is 33.8 Å². The Morgan fingerprint density at radius 1 is 0.304 bits per heavy atom. The number of rotatable bonds is 70. The van der Waals surface area contributed by atoms with E-state index in [1.54, 1.807) is 0 Å². The van der Waals surface area contributed by atoms with E-state index in [9.17, 15) is 43.2 Å². The van der Waals surface area contributed by atoms with Gasteiger partial charge in [0.25, 0.3) is 0 Å². The lowest BCUT2D eigenvalue weighted by Gasteiger charge is -2.21. The number of esters is 4. The molecule has 0 aliphatic carbocycles. The smallest absolute Gasteiger partial charge is 0.462 e. The third kappa shape index (κ3) is 65.4. The zero-order valence-electron chi connectivity index (χ0n) is 60.2. The molecule has 0 aromatic carbocycles. The van der Waals surface area contributed by atoms with Crippen LogP contribution < -0.4 is 0 Å². The molecule has 0 aliphatic heterocycles. The molecule has 92 heavy (non-hydrogen) atoms. The van der Waals surface area contributed by atoms with Gasteiger partial charge in [0.15, 0.2) is 12.2 Å². The molecule has 0 fully saturated rings. The number of aliphatic hydroxyl groups excluding tert-OH is 1. The molecule has 0 saturated heterocycles. The minimum absolute atomic E-state index is 0.105. The molecular formula is C73H142O17P2. The second kappa shape index (κ2) is 62.6. The third-order valence-electron chi connectivity index (χ3n) is 17.2. The lowest BCUT2D eigenvalue weighted by molar-refractivity contribution is -0.161. The van der Waals surface area contributed by atoms with E-state index in [-0.39, 0.29) is 25.7 Å². The van der Waals surface area contributed by atoms with Crippen LogP contribution in [0.2, 0.25) is 0 Å². The molecular weight excluding hydrogens is 1210 g/mol. The van der Waals surface area contributed by atoms with Crippen molar-refractivity contribution in [2.45, 2.75) is 382 Å². The number of phosphoric acid groups is 2. The standard InChI is InChI=1S/C73H142O17P2/c1-9-66(8)52-44-36-30-32-38-46-54-71(76)84-60-69(90-72(77)55-47-39-27-23-19-14-12-10-11-13-17-21-25-33-41-49-63(2)3)62-88-92(81,82)86-58-67(74)57-85-91(79,80)87-61-68(59-83-70(75)53-45-37-31-29-35-43-51-65(6)7)89-73(78)56-48-40-28-24-20-16-15-18-22-26-34-42-50-64(4)5/h63-69,74H,9-62H2,1-8H3,(H,79,80)(H,81,82)/t66?,67-,68+,69+/m0/s1. The average molecular weight is 1350 g/mol. The normalized spacial score (nSPS) is 14.5. The number of unbranched alkanes of at least 4 members (excludes halogenated alkanes) is 35. The van der Waals surface area contributed by atoms with Crippen LogP contribution in [-0.2, 0) is 65.4 Å². The van der Waals surface area contributed by atoms with Gasteiger partial charge in [-0.05, 0) is 49.4 Å². The second-order valence-electron chi connectivity index (χ2n) is 28.0. The molecule has 0 amide bonds. The van der Waals surface area contributed by atoms with E-state index in [1.807, 2.05) is 0 Å². The summed E-state index contributed by atoms with van der Waals surface area (Å²) in [5.74, 6) is 0.862. The number of hydrogen-bond acceptors (Lipinski definition) is 15. The summed E-state index contributed by atoms with van der Waals surface area (Å²) < 4.78 is 68.4. The van der Waals surface area contributed by atoms with Crippen molar-refractivity contribution in [2.24, 2.45) is 23.7 Å². The summed E-state index contributed by atoms with van der Waals surface area (Å²) in [5.41, 5.74) is 0. The Hall–Kier alpha value is -1.94. The van der Waals surface area contributed by atoms with Crippen molar-refractivity contribution in [1.29, 1.82) is 0 Å². The van der Waals surface area contributed by atoms with Crippen molar-refractivity contribution in [3.63, 3.8) is 0 Å². The second-order valence-corrected chi connectivity index (χ2v) is 30.9. The predicted octanol–water partition coefficient (Wildman–Crippen LogP) is 20.9. The van der Waals surface area contributed by atoms with E-state index < -0.39 is 97.5 Å². The monoisotopic (exact) mass is 1350 g/mol.